The number of nitrogens with one attached hydrogen (secondary N) is 1. The number of anilines is 1. The van der Waals surface area contributed by atoms with Crippen LogP contribution in [0.1, 0.15) is 37.2 Å². The van der Waals surface area contributed by atoms with Gasteiger partial charge in [-0.2, -0.15) is 0 Å². The van der Waals surface area contributed by atoms with Gasteiger partial charge in [0, 0.05) is 18.7 Å². The second-order valence-corrected chi connectivity index (χ2v) is 6.49. The summed E-state index contributed by atoms with van der Waals surface area (Å²) in [6, 6.07) is 6.05. The average molecular weight is 332 g/mol. The van der Waals surface area contributed by atoms with E-state index in [0.29, 0.717) is 5.75 Å². The highest BCUT2D eigenvalue weighted by molar-refractivity contribution is 7.99. The van der Waals surface area contributed by atoms with Gasteiger partial charge in [-0.3, -0.25) is 4.79 Å². The van der Waals surface area contributed by atoms with E-state index in [9.17, 15) is 4.79 Å². The Morgan fingerprint density at radius 3 is 2.74 bits per heavy atom. The van der Waals surface area contributed by atoms with Crippen molar-refractivity contribution in [2.24, 2.45) is 0 Å². The minimum absolute atomic E-state index is 0.0219. The van der Waals surface area contributed by atoms with Crippen molar-refractivity contribution in [2.75, 3.05) is 11.1 Å². The first kappa shape index (κ1) is 17.5. The zero-order chi connectivity index (χ0) is 16.8. The monoisotopic (exact) mass is 332 g/mol. The van der Waals surface area contributed by atoms with Crippen molar-refractivity contribution in [3.05, 3.63) is 35.2 Å². The Bertz CT molecular complexity index is 681. The van der Waals surface area contributed by atoms with Gasteiger partial charge in [0.2, 0.25) is 5.91 Å². The molecular formula is C17H24N4OS. The lowest BCUT2D eigenvalue weighted by molar-refractivity contribution is -0.113. The van der Waals surface area contributed by atoms with Crippen molar-refractivity contribution in [3.63, 3.8) is 0 Å². The fourth-order valence-corrected chi connectivity index (χ4v) is 3.16. The van der Waals surface area contributed by atoms with Gasteiger partial charge in [-0.1, -0.05) is 30.8 Å². The van der Waals surface area contributed by atoms with Gasteiger partial charge in [-0.15, -0.1) is 10.2 Å². The van der Waals surface area contributed by atoms with Gasteiger partial charge in [0.15, 0.2) is 5.16 Å². The van der Waals surface area contributed by atoms with Crippen molar-refractivity contribution in [2.45, 2.75) is 52.2 Å². The number of amides is 1. The average Bonchev–Trinajstić information content (AvgIpc) is 2.91. The van der Waals surface area contributed by atoms with Gasteiger partial charge in [-0.05, 0) is 44.4 Å². The molecule has 6 heteroatoms. The number of hydrogen-bond acceptors (Lipinski definition) is 4. The Kier molecular flexibility index (Phi) is 6.21. The highest BCUT2D eigenvalue weighted by Gasteiger charge is 2.13. The molecule has 0 aliphatic carbocycles. The molecule has 1 N–H and O–H groups in total. The summed E-state index contributed by atoms with van der Waals surface area (Å²) in [6.45, 7) is 9.03. The largest absolute Gasteiger partial charge is 0.325 e. The van der Waals surface area contributed by atoms with Gasteiger partial charge in [0.05, 0.1) is 5.75 Å². The van der Waals surface area contributed by atoms with E-state index in [1.165, 1.54) is 11.8 Å². The quantitative estimate of drug-likeness (QED) is 0.787. The lowest BCUT2D eigenvalue weighted by atomic mass is 10.1. The molecular weight excluding hydrogens is 308 g/mol. The van der Waals surface area contributed by atoms with Crippen molar-refractivity contribution >= 4 is 23.4 Å². The molecule has 5 nitrogen and oxygen atoms in total. The number of aryl methyl sites for hydroxylation is 3. The Labute approximate surface area is 141 Å². The molecule has 0 saturated heterocycles. The third-order valence-electron chi connectivity index (χ3n) is 3.58. The van der Waals surface area contributed by atoms with Crippen LogP contribution >= 0.6 is 11.8 Å². The van der Waals surface area contributed by atoms with Gasteiger partial charge in [-0.25, -0.2) is 0 Å². The van der Waals surface area contributed by atoms with Crippen LogP contribution in [0.4, 0.5) is 5.69 Å². The van der Waals surface area contributed by atoms with E-state index in [1.54, 1.807) is 0 Å². The molecule has 0 unspecified atom stereocenters. The van der Waals surface area contributed by atoms with E-state index < -0.39 is 0 Å². The molecule has 1 heterocycles. The minimum atomic E-state index is -0.0219. The van der Waals surface area contributed by atoms with Crippen molar-refractivity contribution in [1.82, 2.24) is 14.8 Å². The van der Waals surface area contributed by atoms with Gasteiger partial charge in [0.1, 0.15) is 5.82 Å². The van der Waals surface area contributed by atoms with E-state index in [4.69, 9.17) is 0 Å². The standard InChI is InChI=1S/C17H24N4OS/c1-5-7-15-19-20-17(21(15)6-2)23-11-16(22)18-14-10-12(3)8-9-13(14)4/h8-10H,5-7,11H2,1-4H3,(H,18,22). The Morgan fingerprint density at radius 1 is 1.26 bits per heavy atom. The first-order valence-electron chi connectivity index (χ1n) is 7.97. The third kappa shape index (κ3) is 4.58. The maximum atomic E-state index is 12.2. The van der Waals surface area contributed by atoms with Gasteiger partial charge in [0.25, 0.3) is 0 Å². The summed E-state index contributed by atoms with van der Waals surface area (Å²) >= 11 is 1.43. The molecule has 0 saturated carbocycles. The van der Waals surface area contributed by atoms with Crippen molar-refractivity contribution in [3.8, 4) is 0 Å². The van der Waals surface area contributed by atoms with Crippen LogP contribution in [-0.4, -0.2) is 26.4 Å². The molecule has 124 valence electrons. The molecule has 0 aliphatic heterocycles. The van der Waals surface area contributed by atoms with E-state index >= 15 is 0 Å². The van der Waals surface area contributed by atoms with Crippen LogP contribution in [0.25, 0.3) is 0 Å². The Hall–Kier alpha value is -1.82. The summed E-state index contributed by atoms with van der Waals surface area (Å²) in [7, 11) is 0. The number of carbonyl (C=O) groups is 1. The number of nitrogens with zero attached hydrogens (tertiary/aromatic N) is 3. The lowest BCUT2D eigenvalue weighted by Gasteiger charge is -2.10. The predicted octanol–water partition coefficient (Wildman–Crippen LogP) is 3.60. The topological polar surface area (TPSA) is 59.8 Å². The lowest BCUT2D eigenvalue weighted by Crippen LogP contribution is -2.15. The zero-order valence-electron chi connectivity index (χ0n) is 14.2. The van der Waals surface area contributed by atoms with Crippen LogP contribution in [0.5, 0.6) is 0 Å². The SMILES string of the molecule is CCCc1nnc(SCC(=O)Nc2cc(C)ccc2C)n1CC. The first-order valence-corrected chi connectivity index (χ1v) is 8.95. The second kappa shape index (κ2) is 8.15. The molecule has 2 rings (SSSR count). The van der Waals surface area contributed by atoms with Crippen LogP contribution in [0.2, 0.25) is 0 Å². The van der Waals surface area contributed by atoms with Crippen LogP contribution in [-0.2, 0) is 17.8 Å². The summed E-state index contributed by atoms with van der Waals surface area (Å²) in [4.78, 5) is 12.2. The highest BCUT2D eigenvalue weighted by Crippen LogP contribution is 2.20. The summed E-state index contributed by atoms with van der Waals surface area (Å²) in [5.41, 5.74) is 3.07. The zero-order valence-corrected chi connectivity index (χ0v) is 15.0. The maximum absolute atomic E-state index is 12.2. The summed E-state index contributed by atoms with van der Waals surface area (Å²) in [5, 5.41) is 12.2. The van der Waals surface area contributed by atoms with E-state index in [1.807, 2.05) is 32.0 Å². The van der Waals surface area contributed by atoms with Crippen LogP contribution < -0.4 is 5.32 Å². The smallest absolute Gasteiger partial charge is 0.234 e. The van der Waals surface area contributed by atoms with Crippen LogP contribution in [0.15, 0.2) is 23.4 Å². The number of benzene rings is 1. The first-order chi connectivity index (χ1) is 11.0. The van der Waals surface area contributed by atoms with Crippen molar-refractivity contribution in [1.29, 1.82) is 0 Å². The van der Waals surface area contributed by atoms with Crippen LogP contribution in [0.3, 0.4) is 0 Å². The highest BCUT2D eigenvalue weighted by atomic mass is 32.2. The molecule has 0 fully saturated rings. The summed E-state index contributed by atoms with van der Waals surface area (Å²) < 4.78 is 2.08. The summed E-state index contributed by atoms with van der Waals surface area (Å²) in [5.74, 6) is 1.30. The number of aromatic nitrogens is 3. The molecule has 1 aromatic carbocycles. The number of hydrogen-bond donors (Lipinski definition) is 1. The number of carbonyl (C=O) groups excluding carboxylic acids is 1. The molecule has 1 aromatic heterocycles. The normalized spacial score (nSPS) is 10.8. The number of rotatable bonds is 7. The maximum Gasteiger partial charge on any atom is 0.234 e. The molecule has 0 radical (unpaired) electrons. The van der Waals surface area contributed by atoms with Gasteiger partial charge >= 0.3 is 0 Å². The second-order valence-electron chi connectivity index (χ2n) is 5.55. The predicted molar refractivity (Wildman–Crippen MR) is 95.0 cm³/mol. The van der Waals surface area contributed by atoms with Gasteiger partial charge < -0.3 is 9.88 Å². The Morgan fingerprint density at radius 2 is 2.04 bits per heavy atom. The molecule has 23 heavy (non-hydrogen) atoms. The van der Waals surface area contributed by atoms with Crippen molar-refractivity contribution < 1.29 is 4.79 Å². The fourth-order valence-electron chi connectivity index (χ4n) is 2.34. The third-order valence-corrected chi connectivity index (χ3v) is 4.55. The number of thioether (sulfide) groups is 1. The molecule has 0 spiro atoms. The minimum Gasteiger partial charge on any atom is -0.325 e. The molecule has 1 amide bonds. The van der Waals surface area contributed by atoms with E-state index in [0.717, 1.165) is 47.2 Å². The Balaban J connectivity index is 1.98. The molecule has 2 aromatic rings. The fraction of sp³-hybridized carbons (Fsp3) is 0.471. The van der Waals surface area contributed by atoms with E-state index in [2.05, 4.69) is 33.9 Å². The molecule has 0 atom stereocenters. The summed E-state index contributed by atoms with van der Waals surface area (Å²) in [6.07, 6.45) is 1.95. The van der Waals surface area contributed by atoms with E-state index in [-0.39, 0.29) is 5.91 Å². The van der Waals surface area contributed by atoms with Crippen LogP contribution in [0, 0.1) is 13.8 Å². The molecule has 0 aliphatic rings. The molecule has 0 bridgehead atoms.